The van der Waals surface area contributed by atoms with E-state index in [1.807, 2.05) is 6.92 Å². The second-order valence-electron chi connectivity index (χ2n) is 11.1. The van der Waals surface area contributed by atoms with E-state index in [4.69, 9.17) is 9.47 Å². The number of rotatable bonds is 2. The van der Waals surface area contributed by atoms with Crippen molar-refractivity contribution < 1.29 is 18.3 Å². The maximum Gasteiger partial charge on any atom is 0.124 e. The Labute approximate surface area is 196 Å². The number of hydrogen-bond donors (Lipinski definition) is 0. The van der Waals surface area contributed by atoms with Crippen molar-refractivity contribution in [3.8, 4) is 0 Å². The van der Waals surface area contributed by atoms with Gasteiger partial charge in [-0.2, -0.15) is 0 Å². The third kappa shape index (κ3) is 11.2. The molecule has 4 unspecified atom stereocenters. The van der Waals surface area contributed by atoms with Gasteiger partial charge < -0.3 is 19.3 Å². The lowest BCUT2D eigenvalue weighted by Crippen LogP contribution is -2.45. The maximum atomic E-state index is 13.1. The first-order chi connectivity index (χ1) is 15.2. The molecule has 5 atom stereocenters. The summed E-state index contributed by atoms with van der Waals surface area (Å²) >= 11 is 0. The van der Waals surface area contributed by atoms with Crippen molar-refractivity contribution in [1.29, 1.82) is 0 Å². The van der Waals surface area contributed by atoms with Crippen molar-refractivity contribution in [2.24, 2.45) is 23.7 Å². The molecule has 0 amide bonds. The predicted molar refractivity (Wildman–Crippen MR) is 129 cm³/mol. The second-order valence-corrected chi connectivity index (χ2v) is 11.1. The van der Waals surface area contributed by atoms with Crippen molar-refractivity contribution in [2.75, 3.05) is 59.6 Å². The molecule has 0 N–H and O–H groups in total. The van der Waals surface area contributed by atoms with Gasteiger partial charge in [0.25, 0.3) is 0 Å². The van der Waals surface area contributed by atoms with Crippen LogP contribution in [0.3, 0.4) is 0 Å². The minimum atomic E-state index is -0.743. The van der Waals surface area contributed by atoms with Gasteiger partial charge in [0.15, 0.2) is 0 Å². The van der Waals surface area contributed by atoms with E-state index < -0.39 is 12.3 Å². The fraction of sp³-hybridized carbons (Fsp3) is 1.00. The van der Waals surface area contributed by atoms with Crippen LogP contribution in [0, 0.1) is 23.7 Å². The van der Waals surface area contributed by atoms with Crippen LogP contribution in [0.5, 0.6) is 0 Å². The number of ether oxygens (including phenoxy) is 2. The minimum absolute atomic E-state index is 0.250. The first-order valence-corrected chi connectivity index (χ1v) is 13.1. The third-order valence-corrected chi connectivity index (χ3v) is 7.43. The summed E-state index contributed by atoms with van der Waals surface area (Å²) in [6, 6.07) is 0. The molecule has 4 heterocycles. The Morgan fingerprint density at radius 3 is 1.75 bits per heavy atom. The second kappa shape index (κ2) is 14.9. The molecule has 4 nitrogen and oxygen atoms in total. The average molecular weight is 461 g/mol. The predicted octanol–water partition coefficient (Wildman–Crippen LogP) is 5.21. The first-order valence-electron chi connectivity index (χ1n) is 13.1. The van der Waals surface area contributed by atoms with E-state index in [0.717, 1.165) is 25.0 Å². The largest absolute Gasteiger partial charge is 0.378 e. The molecule has 4 saturated heterocycles. The highest BCUT2D eigenvalue weighted by molar-refractivity contribution is 4.80. The molecule has 4 fully saturated rings. The third-order valence-electron chi connectivity index (χ3n) is 7.43. The number of hydrogen-bond acceptors (Lipinski definition) is 4. The molecule has 0 bridgehead atoms. The van der Waals surface area contributed by atoms with E-state index in [1.54, 1.807) is 0 Å². The summed E-state index contributed by atoms with van der Waals surface area (Å²) in [4.78, 5) is 4.89. The lowest BCUT2D eigenvalue weighted by Gasteiger charge is -2.37. The van der Waals surface area contributed by atoms with E-state index in [1.165, 1.54) is 51.9 Å². The Morgan fingerprint density at radius 2 is 1.28 bits per heavy atom. The summed E-state index contributed by atoms with van der Waals surface area (Å²) in [6.07, 6.45) is 5.55. The number of likely N-dealkylation sites (tertiary alicyclic amines) is 2. The molecular formula is C26H50F2N2O2. The molecular weight excluding hydrogens is 410 g/mol. The molecule has 0 aliphatic carbocycles. The van der Waals surface area contributed by atoms with E-state index in [9.17, 15) is 8.78 Å². The Balaban J connectivity index is 0.000000190. The van der Waals surface area contributed by atoms with Crippen LogP contribution >= 0.6 is 0 Å². The Bertz CT molecular complexity index is 464. The highest BCUT2D eigenvalue weighted by Gasteiger charge is 2.30. The zero-order valence-corrected chi connectivity index (χ0v) is 21.4. The van der Waals surface area contributed by atoms with Gasteiger partial charge in [-0.3, -0.25) is 0 Å². The van der Waals surface area contributed by atoms with Crippen LogP contribution < -0.4 is 0 Å². The molecule has 6 heteroatoms. The van der Waals surface area contributed by atoms with Crippen molar-refractivity contribution in [2.45, 2.75) is 84.7 Å². The SMILES string of the molecule is CC1CCN(C)CC1.CC1CCN(CC2OCC(F)C[C@@H]2C)CC1.CC1COCC(F)C1. The fourth-order valence-electron chi connectivity index (χ4n) is 4.85. The maximum absolute atomic E-state index is 13.1. The molecule has 0 radical (unpaired) electrons. The molecule has 0 aromatic rings. The van der Waals surface area contributed by atoms with Crippen LogP contribution in [-0.2, 0) is 9.47 Å². The Morgan fingerprint density at radius 1 is 0.719 bits per heavy atom. The molecule has 4 rings (SSSR count). The van der Waals surface area contributed by atoms with Crippen molar-refractivity contribution >= 4 is 0 Å². The average Bonchev–Trinajstić information content (AvgIpc) is 2.75. The first kappa shape index (κ1) is 27.9. The van der Waals surface area contributed by atoms with Crippen LogP contribution in [0.25, 0.3) is 0 Å². The molecule has 0 aromatic heterocycles. The van der Waals surface area contributed by atoms with E-state index in [-0.39, 0.29) is 6.10 Å². The van der Waals surface area contributed by atoms with Gasteiger partial charge in [0, 0.05) is 13.2 Å². The van der Waals surface area contributed by atoms with Gasteiger partial charge >= 0.3 is 0 Å². The summed E-state index contributed by atoms with van der Waals surface area (Å²) in [7, 11) is 2.20. The molecule has 190 valence electrons. The van der Waals surface area contributed by atoms with E-state index in [0.29, 0.717) is 37.9 Å². The molecule has 0 saturated carbocycles. The summed E-state index contributed by atoms with van der Waals surface area (Å²) in [5, 5.41) is 0. The zero-order chi connectivity index (χ0) is 23.5. The standard InChI is InChI=1S/C13H24FNO.C7H15N.C6H11FO/c1-10-3-5-15(6-4-10)8-13-11(2)7-12(14)9-16-13;1-7-3-5-8(2)6-4-7;1-5-2-6(7)4-8-3-5/h10-13H,3-9H2,1-2H3;7H,3-6H2,1-2H3;5-6H,2-4H2,1H3/t11-,12?,13?;;/m0../s1. The van der Waals surface area contributed by atoms with Gasteiger partial charge in [0.1, 0.15) is 12.3 Å². The van der Waals surface area contributed by atoms with Crippen LogP contribution in [-0.4, -0.2) is 87.8 Å². The highest BCUT2D eigenvalue weighted by Crippen LogP contribution is 2.25. The van der Waals surface area contributed by atoms with Crippen LogP contribution in [0.2, 0.25) is 0 Å². The fourth-order valence-corrected chi connectivity index (χ4v) is 4.85. The van der Waals surface area contributed by atoms with Gasteiger partial charge in [-0.05, 0) is 95.4 Å². The lowest BCUT2D eigenvalue weighted by atomic mass is 9.93. The Hall–Kier alpha value is -0.300. The minimum Gasteiger partial charge on any atom is -0.378 e. The topological polar surface area (TPSA) is 24.9 Å². The zero-order valence-electron chi connectivity index (χ0n) is 21.4. The van der Waals surface area contributed by atoms with Crippen molar-refractivity contribution in [3.63, 3.8) is 0 Å². The molecule has 4 aliphatic heterocycles. The van der Waals surface area contributed by atoms with Gasteiger partial charge in [-0.1, -0.05) is 27.7 Å². The van der Waals surface area contributed by atoms with Crippen LogP contribution in [0.4, 0.5) is 8.78 Å². The Kier molecular flexibility index (Phi) is 13.0. The molecule has 0 aromatic carbocycles. The van der Waals surface area contributed by atoms with E-state index in [2.05, 4.69) is 37.6 Å². The lowest BCUT2D eigenvalue weighted by molar-refractivity contribution is -0.0746. The van der Waals surface area contributed by atoms with Gasteiger partial charge in [-0.15, -0.1) is 0 Å². The quantitative estimate of drug-likeness (QED) is 0.565. The van der Waals surface area contributed by atoms with Crippen molar-refractivity contribution in [1.82, 2.24) is 9.80 Å². The number of alkyl halides is 2. The van der Waals surface area contributed by atoms with E-state index >= 15 is 0 Å². The smallest absolute Gasteiger partial charge is 0.124 e. The molecule has 4 aliphatic rings. The summed E-state index contributed by atoms with van der Waals surface area (Å²) in [5.41, 5.74) is 0. The molecule has 0 spiro atoms. The van der Waals surface area contributed by atoms with Crippen molar-refractivity contribution in [3.05, 3.63) is 0 Å². The highest BCUT2D eigenvalue weighted by atomic mass is 19.1. The van der Waals surface area contributed by atoms with Crippen LogP contribution in [0.1, 0.15) is 66.2 Å². The van der Waals surface area contributed by atoms with Crippen LogP contribution in [0.15, 0.2) is 0 Å². The number of halogens is 2. The van der Waals surface area contributed by atoms with Gasteiger partial charge in [0.05, 0.1) is 19.3 Å². The number of nitrogens with zero attached hydrogens (tertiary/aromatic N) is 2. The van der Waals surface area contributed by atoms with Gasteiger partial charge in [0.2, 0.25) is 0 Å². The summed E-state index contributed by atoms with van der Waals surface area (Å²) < 4.78 is 35.9. The number of piperidine rings is 2. The molecule has 32 heavy (non-hydrogen) atoms. The van der Waals surface area contributed by atoms with Gasteiger partial charge in [-0.25, -0.2) is 8.78 Å². The monoisotopic (exact) mass is 460 g/mol. The normalized spacial score (nSPS) is 35.9. The summed E-state index contributed by atoms with van der Waals surface area (Å²) in [5.74, 6) is 2.63. The summed E-state index contributed by atoms with van der Waals surface area (Å²) in [6.45, 7) is 16.1.